The van der Waals surface area contributed by atoms with Crippen molar-refractivity contribution in [1.29, 1.82) is 0 Å². The van der Waals surface area contributed by atoms with Crippen LogP contribution in [0.5, 0.6) is 0 Å². The second kappa shape index (κ2) is 5.50. The van der Waals surface area contributed by atoms with E-state index in [-0.39, 0.29) is 17.0 Å². The molecule has 1 heterocycles. The first-order valence-electron chi connectivity index (χ1n) is 5.15. The zero-order valence-electron chi connectivity index (χ0n) is 8.97. The molecule has 0 saturated heterocycles. The second-order valence-corrected chi connectivity index (χ2v) is 4.00. The van der Waals surface area contributed by atoms with Crippen LogP contribution in [0.3, 0.4) is 0 Å². The van der Waals surface area contributed by atoms with Crippen LogP contribution in [-0.4, -0.2) is 17.6 Å². The van der Waals surface area contributed by atoms with Crippen LogP contribution in [-0.2, 0) is 0 Å². The molecular weight excluding hydrogens is 240 g/mol. The number of hydrogen-bond donors (Lipinski definition) is 1. The molecule has 1 atom stereocenters. The molecule has 4 nitrogen and oxygen atoms in total. The highest BCUT2D eigenvalue weighted by Crippen LogP contribution is 2.18. The molecule has 0 radical (unpaired) electrons. The lowest BCUT2D eigenvalue weighted by atomic mass is 10.1. The van der Waals surface area contributed by atoms with Crippen molar-refractivity contribution in [1.82, 2.24) is 10.5 Å². The highest BCUT2D eigenvalue weighted by atomic mass is 35.5. The van der Waals surface area contributed by atoms with Gasteiger partial charge in [0.2, 0.25) is 0 Å². The Morgan fingerprint density at radius 2 is 2.12 bits per heavy atom. The summed E-state index contributed by atoms with van der Waals surface area (Å²) in [5.41, 5.74) is 1.22. The van der Waals surface area contributed by atoms with Crippen molar-refractivity contribution in [2.24, 2.45) is 0 Å². The second-order valence-electron chi connectivity index (χ2n) is 3.47. The smallest absolute Gasteiger partial charge is 0.273 e. The Hall–Kier alpha value is -1.81. The zero-order chi connectivity index (χ0) is 12.1. The molecule has 2 aromatic rings. The Balaban J connectivity index is 1.89. The minimum atomic E-state index is -0.291. The summed E-state index contributed by atoms with van der Waals surface area (Å²) < 4.78 is 4.58. The van der Waals surface area contributed by atoms with Crippen LogP contribution in [0.25, 0.3) is 0 Å². The molecule has 0 saturated carbocycles. The molecule has 17 heavy (non-hydrogen) atoms. The maximum absolute atomic E-state index is 11.5. The minimum absolute atomic E-state index is 0.252. The first-order chi connectivity index (χ1) is 8.27. The molecule has 5 heteroatoms. The van der Waals surface area contributed by atoms with Gasteiger partial charge < -0.3 is 9.84 Å². The van der Waals surface area contributed by atoms with E-state index in [2.05, 4.69) is 15.0 Å². The largest absolute Gasteiger partial charge is 0.364 e. The summed E-state index contributed by atoms with van der Waals surface area (Å²) >= 11 is 6.15. The summed E-state index contributed by atoms with van der Waals surface area (Å²) in [5, 5.41) is 5.97. The van der Waals surface area contributed by atoms with E-state index in [1.165, 1.54) is 12.3 Å². The van der Waals surface area contributed by atoms with Crippen LogP contribution >= 0.6 is 11.6 Å². The molecule has 0 aliphatic carbocycles. The van der Waals surface area contributed by atoms with Gasteiger partial charge in [0.05, 0.1) is 5.38 Å². The predicted octanol–water partition coefficient (Wildman–Crippen LogP) is 2.38. The third-order valence-corrected chi connectivity index (χ3v) is 2.68. The lowest BCUT2D eigenvalue weighted by molar-refractivity contribution is 0.0944. The number of aromatic nitrogens is 1. The van der Waals surface area contributed by atoms with Gasteiger partial charge in [0, 0.05) is 12.6 Å². The Morgan fingerprint density at radius 3 is 2.76 bits per heavy atom. The van der Waals surface area contributed by atoms with Gasteiger partial charge in [0.15, 0.2) is 5.69 Å². The van der Waals surface area contributed by atoms with Gasteiger partial charge in [-0.3, -0.25) is 4.79 Å². The summed E-state index contributed by atoms with van der Waals surface area (Å²) in [6.45, 7) is 0.345. The number of carbonyl (C=O) groups is 1. The lowest BCUT2D eigenvalue weighted by Gasteiger charge is -2.10. The monoisotopic (exact) mass is 250 g/mol. The molecule has 1 aromatic heterocycles. The molecule has 2 rings (SSSR count). The van der Waals surface area contributed by atoms with Crippen molar-refractivity contribution >= 4 is 17.5 Å². The maximum atomic E-state index is 11.5. The van der Waals surface area contributed by atoms with Gasteiger partial charge in [-0.2, -0.15) is 0 Å². The van der Waals surface area contributed by atoms with Crippen LogP contribution in [0.15, 0.2) is 47.2 Å². The van der Waals surface area contributed by atoms with E-state index < -0.39 is 0 Å². The quantitative estimate of drug-likeness (QED) is 0.848. The molecular formula is C12H11ClN2O2. The summed E-state index contributed by atoms with van der Waals surface area (Å²) in [6.07, 6.45) is 1.35. The van der Waals surface area contributed by atoms with E-state index in [4.69, 9.17) is 11.6 Å². The number of benzene rings is 1. The molecule has 88 valence electrons. The van der Waals surface area contributed by atoms with Crippen molar-refractivity contribution in [3.05, 3.63) is 53.9 Å². The molecule has 0 bridgehead atoms. The Labute approximate surface area is 104 Å². The highest BCUT2D eigenvalue weighted by Gasteiger charge is 2.12. The van der Waals surface area contributed by atoms with Crippen molar-refractivity contribution in [2.75, 3.05) is 6.54 Å². The van der Waals surface area contributed by atoms with E-state index in [9.17, 15) is 4.79 Å². The Bertz CT molecular complexity index is 471. The summed E-state index contributed by atoms with van der Waals surface area (Å²) in [4.78, 5) is 11.5. The molecule has 0 spiro atoms. The predicted molar refractivity (Wildman–Crippen MR) is 63.9 cm³/mol. The van der Waals surface area contributed by atoms with Gasteiger partial charge >= 0.3 is 0 Å². The summed E-state index contributed by atoms with van der Waals surface area (Å²) in [5.74, 6) is -0.291. The standard InChI is InChI=1S/C12H11ClN2O2/c13-10(9-4-2-1-3-5-9)8-14-12(16)11-6-7-17-15-11/h1-7,10H,8H2,(H,14,16). The van der Waals surface area contributed by atoms with Crippen LogP contribution in [0.2, 0.25) is 0 Å². The van der Waals surface area contributed by atoms with E-state index in [0.29, 0.717) is 6.54 Å². The van der Waals surface area contributed by atoms with E-state index in [1.807, 2.05) is 30.3 Å². The average molecular weight is 251 g/mol. The molecule has 1 unspecified atom stereocenters. The number of nitrogens with zero attached hydrogens (tertiary/aromatic N) is 1. The topological polar surface area (TPSA) is 55.1 Å². The van der Waals surface area contributed by atoms with Gasteiger partial charge in [0.1, 0.15) is 6.26 Å². The lowest BCUT2D eigenvalue weighted by Crippen LogP contribution is -2.27. The van der Waals surface area contributed by atoms with Crippen molar-refractivity contribution in [3.63, 3.8) is 0 Å². The number of hydrogen-bond acceptors (Lipinski definition) is 3. The number of amides is 1. The molecule has 0 aliphatic heterocycles. The number of nitrogens with one attached hydrogen (secondary N) is 1. The van der Waals surface area contributed by atoms with Gasteiger partial charge in [0.25, 0.3) is 5.91 Å². The van der Waals surface area contributed by atoms with Gasteiger partial charge in [-0.25, -0.2) is 0 Å². The fourth-order valence-corrected chi connectivity index (χ4v) is 1.60. The first kappa shape index (κ1) is 11.7. The zero-order valence-corrected chi connectivity index (χ0v) is 9.72. The Morgan fingerprint density at radius 1 is 1.35 bits per heavy atom. The average Bonchev–Trinajstić information content (AvgIpc) is 2.90. The third-order valence-electron chi connectivity index (χ3n) is 2.27. The molecule has 0 aliphatic rings. The van der Waals surface area contributed by atoms with Crippen LogP contribution < -0.4 is 5.32 Å². The van der Waals surface area contributed by atoms with Crippen LogP contribution in [0.4, 0.5) is 0 Å². The number of halogens is 1. The van der Waals surface area contributed by atoms with E-state index in [1.54, 1.807) is 0 Å². The summed E-state index contributed by atoms with van der Waals surface area (Å²) in [7, 11) is 0. The number of carbonyl (C=O) groups excluding carboxylic acids is 1. The molecule has 0 fully saturated rings. The van der Waals surface area contributed by atoms with E-state index >= 15 is 0 Å². The number of alkyl halides is 1. The van der Waals surface area contributed by atoms with Crippen molar-refractivity contribution in [3.8, 4) is 0 Å². The fraction of sp³-hybridized carbons (Fsp3) is 0.167. The van der Waals surface area contributed by atoms with E-state index in [0.717, 1.165) is 5.56 Å². The minimum Gasteiger partial charge on any atom is -0.364 e. The van der Waals surface area contributed by atoms with Gasteiger partial charge in [-0.05, 0) is 5.56 Å². The third kappa shape index (κ3) is 3.07. The first-order valence-corrected chi connectivity index (χ1v) is 5.58. The highest BCUT2D eigenvalue weighted by molar-refractivity contribution is 6.21. The maximum Gasteiger partial charge on any atom is 0.273 e. The Kier molecular flexibility index (Phi) is 3.77. The van der Waals surface area contributed by atoms with Crippen molar-refractivity contribution in [2.45, 2.75) is 5.38 Å². The summed E-state index contributed by atoms with van der Waals surface area (Å²) in [6, 6.07) is 11.1. The molecule has 1 N–H and O–H groups in total. The fourth-order valence-electron chi connectivity index (χ4n) is 1.38. The molecule has 1 amide bonds. The molecule has 1 aromatic carbocycles. The number of rotatable bonds is 4. The van der Waals surface area contributed by atoms with Crippen LogP contribution in [0, 0.1) is 0 Å². The van der Waals surface area contributed by atoms with Crippen molar-refractivity contribution < 1.29 is 9.32 Å². The van der Waals surface area contributed by atoms with Gasteiger partial charge in [-0.1, -0.05) is 35.5 Å². The normalized spacial score (nSPS) is 12.1. The SMILES string of the molecule is O=C(NCC(Cl)c1ccccc1)c1ccon1. The van der Waals surface area contributed by atoms with Crippen LogP contribution in [0.1, 0.15) is 21.4 Å². The van der Waals surface area contributed by atoms with Gasteiger partial charge in [-0.15, -0.1) is 11.6 Å².